The third-order valence-electron chi connectivity index (χ3n) is 4.06. The van der Waals surface area contributed by atoms with Gasteiger partial charge in [-0.15, -0.1) is 0 Å². The van der Waals surface area contributed by atoms with Crippen molar-refractivity contribution in [1.82, 2.24) is 5.32 Å². The van der Waals surface area contributed by atoms with Crippen molar-refractivity contribution in [3.8, 4) is 0 Å². The molecular weight excluding hydrogens is 256 g/mol. The molecule has 0 radical (unpaired) electrons. The zero-order valence-electron chi connectivity index (χ0n) is 12.2. The summed E-state index contributed by atoms with van der Waals surface area (Å²) in [5.41, 5.74) is 2.56. The van der Waals surface area contributed by atoms with E-state index >= 15 is 0 Å². The Bertz CT molecular complexity index is 419. The average Bonchev–Trinajstić information content (AvgIpc) is 2.37. The van der Waals surface area contributed by atoms with Gasteiger partial charge in [0.15, 0.2) is 0 Å². The molecule has 1 aliphatic heterocycles. The van der Waals surface area contributed by atoms with Crippen LogP contribution in [-0.2, 0) is 6.54 Å². The summed E-state index contributed by atoms with van der Waals surface area (Å²) in [6, 6.07) is 6.82. The number of anilines is 1. The van der Waals surface area contributed by atoms with Gasteiger partial charge < -0.3 is 10.2 Å². The number of halogens is 1. The summed E-state index contributed by atoms with van der Waals surface area (Å²) < 4.78 is 0. The van der Waals surface area contributed by atoms with Gasteiger partial charge in [-0.2, -0.15) is 0 Å². The van der Waals surface area contributed by atoms with Crippen molar-refractivity contribution >= 4 is 17.3 Å². The molecule has 1 saturated heterocycles. The average molecular weight is 281 g/mol. The molecule has 0 aliphatic carbocycles. The molecule has 1 fully saturated rings. The molecule has 0 saturated carbocycles. The molecule has 2 rings (SSSR count). The standard InChI is InChI=1S/C16H25ClN2/c1-4-18-11-14-6-5-7-15(17)16(14)19-9-8-12(2)10-13(19)3/h5-7,12-13,18H,4,8-11H2,1-3H3. The summed E-state index contributed by atoms with van der Waals surface area (Å²) in [7, 11) is 0. The Kier molecular flexibility index (Phi) is 5.12. The third-order valence-corrected chi connectivity index (χ3v) is 4.37. The molecule has 1 heterocycles. The van der Waals surface area contributed by atoms with Crippen LogP contribution in [0.25, 0.3) is 0 Å². The maximum atomic E-state index is 6.47. The summed E-state index contributed by atoms with van der Waals surface area (Å²) in [4.78, 5) is 2.50. The molecule has 1 N–H and O–H groups in total. The van der Waals surface area contributed by atoms with Gasteiger partial charge >= 0.3 is 0 Å². The van der Waals surface area contributed by atoms with E-state index < -0.39 is 0 Å². The van der Waals surface area contributed by atoms with Crippen LogP contribution in [0.15, 0.2) is 18.2 Å². The lowest BCUT2D eigenvalue weighted by Crippen LogP contribution is -2.41. The minimum Gasteiger partial charge on any atom is -0.367 e. The molecule has 2 nitrogen and oxygen atoms in total. The first-order chi connectivity index (χ1) is 9.13. The van der Waals surface area contributed by atoms with Crippen LogP contribution in [0.2, 0.25) is 5.02 Å². The van der Waals surface area contributed by atoms with Crippen molar-refractivity contribution in [3.05, 3.63) is 28.8 Å². The molecule has 0 bridgehead atoms. The maximum absolute atomic E-state index is 6.47. The van der Waals surface area contributed by atoms with E-state index in [1.165, 1.54) is 24.1 Å². The Morgan fingerprint density at radius 1 is 1.37 bits per heavy atom. The number of nitrogens with one attached hydrogen (secondary N) is 1. The Morgan fingerprint density at radius 3 is 2.84 bits per heavy atom. The lowest BCUT2D eigenvalue weighted by Gasteiger charge is -2.39. The van der Waals surface area contributed by atoms with Gasteiger partial charge in [0, 0.05) is 19.1 Å². The number of hydrogen-bond donors (Lipinski definition) is 1. The molecule has 106 valence electrons. The predicted molar refractivity (Wildman–Crippen MR) is 84.0 cm³/mol. The predicted octanol–water partition coefficient (Wildman–Crippen LogP) is 4.07. The van der Waals surface area contributed by atoms with Gasteiger partial charge in [-0.1, -0.05) is 37.6 Å². The van der Waals surface area contributed by atoms with Gasteiger partial charge in [-0.3, -0.25) is 0 Å². The van der Waals surface area contributed by atoms with Gasteiger partial charge in [0.25, 0.3) is 0 Å². The first kappa shape index (κ1) is 14.7. The van der Waals surface area contributed by atoms with Gasteiger partial charge in [-0.25, -0.2) is 0 Å². The van der Waals surface area contributed by atoms with E-state index in [2.05, 4.69) is 43.1 Å². The SMILES string of the molecule is CCNCc1cccc(Cl)c1N1CCC(C)CC1C. The third kappa shape index (κ3) is 3.43. The monoisotopic (exact) mass is 280 g/mol. The van der Waals surface area contributed by atoms with Crippen molar-refractivity contribution in [2.75, 3.05) is 18.0 Å². The molecule has 1 aromatic rings. The fourth-order valence-corrected chi connectivity index (χ4v) is 3.33. The van der Waals surface area contributed by atoms with Gasteiger partial charge in [0.1, 0.15) is 0 Å². The van der Waals surface area contributed by atoms with Crippen LogP contribution >= 0.6 is 11.6 Å². The molecule has 3 heteroatoms. The van der Waals surface area contributed by atoms with Crippen LogP contribution in [0.5, 0.6) is 0 Å². The topological polar surface area (TPSA) is 15.3 Å². The molecule has 0 amide bonds. The zero-order valence-corrected chi connectivity index (χ0v) is 13.0. The zero-order chi connectivity index (χ0) is 13.8. The van der Waals surface area contributed by atoms with Crippen molar-refractivity contribution in [2.24, 2.45) is 5.92 Å². The highest BCUT2D eigenvalue weighted by Crippen LogP contribution is 2.35. The summed E-state index contributed by atoms with van der Waals surface area (Å²) in [6.45, 7) is 9.79. The Morgan fingerprint density at radius 2 is 2.16 bits per heavy atom. The quantitative estimate of drug-likeness (QED) is 0.894. The van der Waals surface area contributed by atoms with E-state index in [1.807, 2.05) is 6.07 Å². The van der Waals surface area contributed by atoms with Crippen LogP contribution in [0, 0.1) is 5.92 Å². The number of para-hydroxylation sites is 1. The maximum Gasteiger partial charge on any atom is 0.0643 e. The Balaban J connectivity index is 2.26. The van der Waals surface area contributed by atoms with Crippen molar-refractivity contribution in [2.45, 2.75) is 46.2 Å². The largest absolute Gasteiger partial charge is 0.367 e. The lowest BCUT2D eigenvalue weighted by atomic mass is 9.92. The van der Waals surface area contributed by atoms with Gasteiger partial charge in [-0.05, 0) is 43.9 Å². The first-order valence-corrected chi connectivity index (χ1v) is 7.76. The van der Waals surface area contributed by atoms with Gasteiger partial charge in [0.05, 0.1) is 10.7 Å². The Hall–Kier alpha value is -0.730. The highest BCUT2D eigenvalue weighted by atomic mass is 35.5. The minimum atomic E-state index is 0.573. The molecule has 1 aromatic carbocycles. The Labute approximate surface area is 122 Å². The fourth-order valence-electron chi connectivity index (χ4n) is 3.02. The minimum absolute atomic E-state index is 0.573. The van der Waals surface area contributed by atoms with Crippen LogP contribution in [0.1, 0.15) is 39.2 Å². The van der Waals surface area contributed by atoms with E-state index in [0.717, 1.165) is 30.6 Å². The normalized spacial score (nSPS) is 23.7. The number of rotatable bonds is 4. The number of hydrogen-bond acceptors (Lipinski definition) is 2. The summed E-state index contributed by atoms with van der Waals surface area (Å²) >= 11 is 6.47. The molecule has 0 spiro atoms. The van der Waals surface area contributed by atoms with Crippen molar-refractivity contribution in [1.29, 1.82) is 0 Å². The lowest BCUT2D eigenvalue weighted by molar-refractivity contribution is 0.377. The molecule has 19 heavy (non-hydrogen) atoms. The second-order valence-corrected chi connectivity index (χ2v) is 6.11. The number of benzene rings is 1. The van der Waals surface area contributed by atoms with Gasteiger partial charge in [0.2, 0.25) is 0 Å². The second-order valence-electron chi connectivity index (χ2n) is 5.70. The second kappa shape index (κ2) is 6.62. The molecular formula is C16H25ClN2. The molecule has 1 aliphatic rings. The van der Waals surface area contributed by atoms with E-state index in [1.54, 1.807) is 0 Å². The van der Waals surface area contributed by atoms with Crippen molar-refractivity contribution in [3.63, 3.8) is 0 Å². The van der Waals surface area contributed by atoms with Crippen LogP contribution < -0.4 is 10.2 Å². The van der Waals surface area contributed by atoms with E-state index in [-0.39, 0.29) is 0 Å². The highest BCUT2D eigenvalue weighted by Gasteiger charge is 2.25. The summed E-state index contributed by atoms with van der Waals surface area (Å²) in [5.74, 6) is 0.825. The van der Waals surface area contributed by atoms with Crippen LogP contribution in [0.4, 0.5) is 5.69 Å². The van der Waals surface area contributed by atoms with Crippen molar-refractivity contribution < 1.29 is 0 Å². The van der Waals surface area contributed by atoms with E-state index in [4.69, 9.17) is 11.6 Å². The molecule has 2 atom stereocenters. The number of nitrogens with zero attached hydrogens (tertiary/aromatic N) is 1. The fraction of sp³-hybridized carbons (Fsp3) is 0.625. The summed E-state index contributed by atoms with van der Waals surface area (Å²) in [5, 5.41) is 4.30. The number of piperidine rings is 1. The highest BCUT2D eigenvalue weighted by molar-refractivity contribution is 6.33. The smallest absolute Gasteiger partial charge is 0.0643 e. The first-order valence-electron chi connectivity index (χ1n) is 7.38. The molecule has 2 unspecified atom stereocenters. The summed E-state index contributed by atoms with van der Waals surface area (Å²) in [6.07, 6.45) is 2.52. The van der Waals surface area contributed by atoms with E-state index in [0.29, 0.717) is 6.04 Å². The van der Waals surface area contributed by atoms with Crippen LogP contribution in [-0.4, -0.2) is 19.1 Å². The van der Waals surface area contributed by atoms with E-state index in [9.17, 15) is 0 Å². The molecule has 0 aromatic heterocycles. The van der Waals surface area contributed by atoms with Crippen LogP contribution in [0.3, 0.4) is 0 Å².